The van der Waals surface area contributed by atoms with E-state index in [1.54, 1.807) is 6.07 Å². The summed E-state index contributed by atoms with van der Waals surface area (Å²) in [4.78, 5) is 7.26. The molecule has 0 N–H and O–H groups in total. The smallest absolute Gasteiger partial charge is 0.422 e. The fourth-order valence-electron chi connectivity index (χ4n) is 0.827. The number of halogens is 3. The minimum atomic E-state index is -4.42. The van der Waals surface area contributed by atoms with E-state index in [0.717, 1.165) is 6.07 Å². The summed E-state index contributed by atoms with van der Waals surface area (Å²) >= 11 is 0. The van der Waals surface area contributed by atoms with Crippen molar-refractivity contribution in [1.82, 2.24) is 9.97 Å². The van der Waals surface area contributed by atoms with Gasteiger partial charge in [-0.3, -0.25) is 0 Å². The summed E-state index contributed by atoms with van der Waals surface area (Å²) in [5.74, 6) is -0.0670. The Balaban J connectivity index is 2.78. The summed E-state index contributed by atoms with van der Waals surface area (Å²) in [5.41, 5.74) is -0.0281. The molecule has 0 aliphatic carbocycles. The van der Waals surface area contributed by atoms with Gasteiger partial charge in [0.2, 0.25) is 5.88 Å². The molecule has 1 aromatic heterocycles. The Labute approximate surface area is 83.3 Å². The van der Waals surface area contributed by atoms with E-state index in [2.05, 4.69) is 14.7 Å². The topological polar surface area (TPSA) is 58.8 Å². The predicted molar refractivity (Wildman–Crippen MR) is 43.0 cm³/mol. The first-order chi connectivity index (χ1) is 6.90. The fourth-order valence-corrected chi connectivity index (χ4v) is 0.827. The summed E-state index contributed by atoms with van der Waals surface area (Å²) in [7, 11) is 0. The largest absolute Gasteiger partial charge is 0.468 e. The standard InChI is InChI=1S/C8H6F3N3O/c1-5-13-6(3-12)2-7(14-5)15-4-8(9,10)11/h2H,4H2,1H3. The van der Waals surface area contributed by atoms with Gasteiger partial charge in [-0.05, 0) is 6.92 Å². The zero-order valence-electron chi connectivity index (χ0n) is 7.67. The molecular formula is C8H6F3N3O. The van der Waals surface area contributed by atoms with Crippen LogP contribution in [0.1, 0.15) is 11.5 Å². The third-order valence-corrected chi connectivity index (χ3v) is 1.31. The average molecular weight is 217 g/mol. The maximum Gasteiger partial charge on any atom is 0.422 e. The number of nitrogens with zero attached hydrogens (tertiary/aromatic N) is 3. The van der Waals surface area contributed by atoms with E-state index in [1.807, 2.05) is 0 Å². The minimum absolute atomic E-state index is 0.0281. The molecule has 4 nitrogen and oxygen atoms in total. The normalized spacial score (nSPS) is 10.9. The molecule has 80 valence electrons. The first-order valence-corrected chi connectivity index (χ1v) is 3.86. The third-order valence-electron chi connectivity index (χ3n) is 1.31. The van der Waals surface area contributed by atoms with Crippen LogP contribution in [0.4, 0.5) is 13.2 Å². The van der Waals surface area contributed by atoms with Gasteiger partial charge in [-0.25, -0.2) is 4.98 Å². The number of hydrogen-bond acceptors (Lipinski definition) is 4. The van der Waals surface area contributed by atoms with Gasteiger partial charge < -0.3 is 4.74 Å². The van der Waals surface area contributed by atoms with Crippen LogP contribution in [0.5, 0.6) is 5.88 Å². The minimum Gasteiger partial charge on any atom is -0.468 e. The summed E-state index contributed by atoms with van der Waals surface area (Å²) in [5, 5.41) is 8.50. The lowest BCUT2D eigenvalue weighted by atomic mass is 10.4. The Morgan fingerprint density at radius 3 is 2.67 bits per heavy atom. The number of aromatic nitrogens is 2. The number of ether oxygens (including phenoxy) is 1. The Hall–Kier alpha value is -1.84. The molecule has 0 aliphatic heterocycles. The second kappa shape index (κ2) is 4.13. The van der Waals surface area contributed by atoms with Crippen molar-refractivity contribution in [3.8, 4) is 11.9 Å². The van der Waals surface area contributed by atoms with Gasteiger partial charge in [0.25, 0.3) is 0 Å². The van der Waals surface area contributed by atoms with Crippen LogP contribution in [0, 0.1) is 18.3 Å². The molecule has 0 aromatic carbocycles. The SMILES string of the molecule is Cc1nc(C#N)cc(OCC(F)(F)F)n1. The number of hydrogen-bond donors (Lipinski definition) is 0. The van der Waals surface area contributed by atoms with Crippen molar-refractivity contribution in [2.24, 2.45) is 0 Å². The van der Waals surface area contributed by atoms with Crippen molar-refractivity contribution in [2.75, 3.05) is 6.61 Å². The van der Waals surface area contributed by atoms with Crippen LogP contribution in [0.15, 0.2) is 6.07 Å². The Morgan fingerprint density at radius 1 is 1.47 bits per heavy atom. The number of nitriles is 1. The highest BCUT2D eigenvalue weighted by Gasteiger charge is 2.28. The molecule has 1 aromatic rings. The summed E-state index contributed by atoms with van der Waals surface area (Å²) < 4.78 is 39.7. The Kier molecular flexibility index (Phi) is 3.09. The second-order valence-electron chi connectivity index (χ2n) is 2.65. The summed E-state index contributed by atoms with van der Waals surface area (Å²) in [6.45, 7) is 0.0234. The fraction of sp³-hybridized carbons (Fsp3) is 0.375. The van der Waals surface area contributed by atoms with E-state index >= 15 is 0 Å². The molecule has 0 amide bonds. The molecule has 1 heterocycles. The first-order valence-electron chi connectivity index (χ1n) is 3.86. The van der Waals surface area contributed by atoms with Crippen molar-refractivity contribution in [2.45, 2.75) is 13.1 Å². The molecule has 0 aliphatic rings. The van der Waals surface area contributed by atoms with Crippen LogP contribution in [0.3, 0.4) is 0 Å². The zero-order chi connectivity index (χ0) is 11.5. The van der Waals surface area contributed by atoms with Gasteiger partial charge in [0.15, 0.2) is 6.61 Å². The first kappa shape index (κ1) is 11.2. The molecule has 1 rings (SSSR count). The van der Waals surface area contributed by atoms with Crippen LogP contribution in [0.2, 0.25) is 0 Å². The van der Waals surface area contributed by atoms with Crippen molar-refractivity contribution in [3.05, 3.63) is 17.6 Å². The van der Waals surface area contributed by atoms with Crippen LogP contribution in [0.25, 0.3) is 0 Å². The average Bonchev–Trinajstić information content (AvgIpc) is 2.13. The van der Waals surface area contributed by atoms with Crippen molar-refractivity contribution >= 4 is 0 Å². The lowest BCUT2D eigenvalue weighted by Crippen LogP contribution is -2.19. The third kappa shape index (κ3) is 3.81. The van der Waals surface area contributed by atoms with Gasteiger partial charge in [-0.1, -0.05) is 0 Å². The highest BCUT2D eigenvalue weighted by atomic mass is 19.4. The monoisotopic (exact) mass is 217 g/mol. The quantitative estimate of drug-likeness (QED) is 0.754. The van der Waals surface area contributed by atoms with E-state index in [9.17, 15) is 13.2 Å². The van der Waals surface area contributed by atoms with Gasteiger partial charge in [0.1, 0.15) is 17.6 Å². The Bertz CT molecular complexity index is 397. The van der Waals surface area contributed by atoms with Gasteiger partial charge in [-0.15, -0.1) is 0 Å². The molecule has 15 heavy (non-hydrogen) atoms. The lowest BCUT2D eigenvalue weighted by Gasteiger charge is -2.08. The number of rotatable bonds is 2. The zero-order valence-corrected chi connectivity index (χ0v) is 7.67. The molecule has 7 heteroatoms. The molecule has 0 fully saturated rings. The van der Waals surface area contributed by atoms with Gasteiger partial charge >= 0.3 is 6.18 Å². The summed E-state index contributed by atoms with van der Waals surface area (Å²) in [6, 6.07) is 2.75. The van der Waals surface area contributed by atoms with Crippen LogP contribution in [-0.4, -0.2) is 22.8 Å². The highest BCUT2D eigenvalue weighted by Crippen LogP contribution is 2.17. The van der Waals surface area contributed by atoms with E-state index in [1.165, 1.54) is 6.92 Å². The molecule has 0 bridgehead atoms. The molecule has 0 unspecified atom stereocenters. The number of alkyl halides is 3. The van der Waals surface area contributed by atoms with E-state index < -0.39 is 12.8 Å². The molecule has 0 radical (unpaired) electrons. The van der Waals surface area contributed by atoms with Crippen LogP contribution in [-0.2, 0) is 0 Å². The van der Waals surface area contributed by atoms with Crippen LogP contribution >= 0.6 is 0 Å². The Morgan fingerprint density at radius 2 is 2.13 bits per heavy atom. The maximum absolute atomic E-state index is 11.8. The summed E-state index contributed by atoms with van der Waals surface area (Å²) in [6.07, 6.45) is -4.42. The maximum atomic E-state index is 11.8. The molecule has 0 saturated carbocycles. The predicted octanol–water partition coefficient (Wildman–Crippen LogP) is 1.60. The lowest BCUT2D eigenvalue weighted by molar-refractivity contribution is -0.154. The highest BCUT2D eigenvalue weighted by molar-refractivity contribution is 5.25. The van der Waals surface area contributed by atoms with Gasteiger partial charge in [0.05, 0.1) is 0 Å². The molecular weight excluding hydrogens is 211 g/mol. The van der Waals surface area contributed by atoms with E-state index in [-0.39, 0.29) is 17.4 Å². The second-order valence-corrected chi connectivity index (χ2v) is 2.65. The number of aryl methyl sites for hydroxylation is 1. The molecule has 0 saturated heterocycles. The van der Waals surface area contributed by atoms with Gasteiger partial charge in [0, 0.05) is 6.07 Å². The van der Waals surface area contributed by atoms with Crippen molar-refractivity contribution < 1.29 is 17.9 Å². The van der Waals surface area contributed by atoms with Crippen molar-refractivity contribution in [3.63, 3.8) is 0 Å². The van der Waals surface area contributed by atoms with E-state index in [0.29, 0.717) is 0 Å². The molecule has 0 atom stereocenters. The van der Waals surface area contributed by atoms with Crippen LogP contribution < -0.4 is 4.74 Å². The van der Waals surface area contributed by atoms with Crippen molar-refractivity contribution in [1.29, 1.82) is 5.26 Å². The van der Waals surface area contributed by atoms with Gasteiger partial charge in [-0.2, -0.15) is 23.4 Å². The van der Waals surface area contributed by atoms with E-state index in [4.69, 9.17) is 5.26 Å². The molecule has 0 spiro atoms.